The number of nitrogens with zero attached hydrogens (tertiary/aromatic N) is 1. The fourth-order valence-corrected chi connectivity index (χ4v) is 4.69. The number of rotatable bonds is 2. The second kappa shape index (κ2) is 7.14. The molecule has 150 valence electrons. The van der Waals surface area contributed by atoms with Crippen molar-refractivity contribution in [2.45, 2.75) is 52.9 Å². The summed E-state index contributed by atoms with van der Waals surface area (Å²) in [5, 5.41) is 0.625. The van der Waals surface area contributed by atoms with Crippen molar-refractivity contribution in [2.24, 2.45) is 5.41 Å². The molecule has 2 aromatic carbocycles. The number of aryl methyl sites for hydroxylation is 2. The fraction of sp³-hybridized carbons (Fsp3) is 0.360. The molecule has 2 aromatic rings. The predicted octanol–water partition coefficient (Wildman–Crippen LogP) is 6.12. The predicted molar refractivity (Wildman–Crippen MR) is 117 cm³/mol. The third-order valence-electron chi connectivity index (χ3n) is 6.04. The first-order valence-corrected chi connectivity index (χ1v) is 10.5. The van der Waals surface area contributed by atoms with Gasteiger partial charge in [-0.3, -0.25) is 14.5 Å². The Balaban J connectivity index is 1.89. The molecule has 1 atom stereocenters. The molecular formula is C25H26ClNO2. The van der Waals surface area contributed by atoms with E-state index in [1.54, 1.807) is 4.90 Å². The van der Waals surface area contributed by atoms with Crippen LogP contribution in [0.25, 0.3) is 0 Å². The largest absolute Gasteiger partial charge is 0.294 e. The maximum Gasteiger partial charge on any atom is 0.232 e. The van der Waals surface area contributed by atoms with Crippen molar-refractivity contribution in [1.82, 2.24) is 0 Å². The normalized spacial score (nSPS) is 21.4. The molecule has 3 nitrogen and oxygen atoms in total. The highest BCUT2D eigenvalue weighted by molar-refractivity contribution is 6.31. The van der Waals surface area contributed by atoms with Crippen LogP contribution in [-0.2, 0) is 9.59 Å². The van der Waals surface area contributed by atoms with Crippen LogP contribution >= 0.6 is 11.6 Å². The second-order valence-electron chi connectivity index (χ2n) is 9.13. The number of ketones is 1. The van der Waals surface area contributed by atoms with Gasteiger partial charge in [-0.2, -0.15) is 0 Å². The zero-order chi connectivity index (χ0) is 20.9. The Morgan fingerprint density at radius 1 is 1.00 bits per heavy atom. The highest BCUT2D eigenvalue weighted by atomic mass is 35.5. The van der Waals surface area contributed by atoms with Crippen LogP contribution in [0.5, 0.6) is 0 Å². The maximum atomic E-state index is 13.4. The van der Waals surface area contributed by atoms with Gasteiger partial charge < -0.3 is 0 Å². The minimum absolute atomic E-state index is 0.0137. The van der Waals surface area contributed by atoms with Gasteiger partial charge in [-0.05, 0) is 48.9 Å². The Bertz CT molecular complexity index is 1030. The van der Waals surface area contributed by atoms with Crippen molar-refractivity contribution < 1.29 is 9.59 Å². The first kappa shape index (κ1) is 19.9. The van der Waals surface area contributed by atoms with Crippen LogP contribution in [0.2, 0.25) is 5.02 Å². The van der Waals surface area contributed by atoms with Crippen LogP contribution in [0.3, 0.4) is 0 Å². The smallest absolute Gasteiger partial charge is 0.232 e. The highest BCUT2D eigenvalue weighted by Crippen LogP contribution is 2.48. The Labute approximate surface area is 177 Å². The van der Waals surface area contributed by atoms with Crippen LogP contribution < -0.4 is 4.90 Å². The summed E-state index contributed by atoms with van der Waals surface area (Å²) >= 11 is 6.36. The van der Waals surface area contributed by atoms with Crippen LogP contribution in [-0.4, -0.2) is 11.7 Å². The Kier molecular flexibility index (Phi) is 4.90. The van der Waals surface area contributed by atoms with E-state index < -0.39 is 0 Å². The van der Waals surface area contributed by atoms with Crippen molar-refractivity contribution in [1.29, 1.82) is 0 Å². The number of carbonyl (C=O) groups excluding carboxylic acids is 2. The zero-order valence-electron chi connectivity index (χ0n) is 17.4. The van der Waals surface area contributed by atoms with Crippen molar-refractivity contribution in [3.05, 3.63) is 75.4 Å². The van der Waals surface area contributed by atoms with Crippen LogP contribution in [0.1, 0.15) is 55.7 Å². The van der Waals surface area contributed by atoms with E-state index in [4.69, 9.17) is 11.6 Å². The van der Waals surface area contributed by atoms with Gasteiger partial charge in [0.25, 0.3) is 0 Å². The maximum absolute atomic E-state index is 13.4. The van der Waals surface area contributed by atoms with Crippen molar-refractivity contribution in [2.75, 3.05) is 4.90 Å². The summed E-state index contributed by atoms with van der Waals surface area (Å²) in [6.45, 7) is 8.16. The minimum atomic E-state index is -0.182. The first-order chi connectivity index (χ1) is 13.7. The number of allylic oxidation sites excluding steroid dienone is 2. The van der Waals surface area contributed by atoms with Gasteiger partial charge in [-0.1, -0.05) is 61.3 Å². The molecule has 0 saturated heterocycles. The van der Waals surface area contributed by atoms with Gasteiger partial charge in [-0.25, -0.2) is 0 Å². The zero-order valence-corrected chi connectivity index (χ0v) is 18.1. The summed E-state index contributed by atoms with van der Waals surface area (Å²) in [6, 6.07) is 13.9. The van der Waals surface area contributed by atoms with Gasteiger partial charge in [0.15, 0.2) is 5.78 Å². The monoisotopic (exact) mass is 407 g/mol. The summed E-state index contributed by atoms with van der Waals surface area (Å²) < 4.78 is 0. The number of anilines is 1. The summed E-state index contributed by atoms with van der Waals surface area (Å²) in [6.07, 6.45) is 1.48. The van der Waals surface area contributed by atoms with Crippen LogP contribution in [0.4, 0.5) is 5.69 Å². The molecule has 0 spiro atoms. The second-order valence-corrected chi connectivity index (χ2v) is 9.54. The number of hydrogen-bond acceptors (Lipinski definition) is 2. The van der Waals surface area contributed by atoms with E-state index in [0.717, 1.165) is 33.6 Å². The number of amides is 1. The van der Waals surface area contributed by atoms with Gasteiger partial charge in [0.2, 0.25) is 5.91 Å². The summed E-state index contributed by atoms with van der Waals surface area (Å²) in [7, 11) is 0. The molecule has 1 amide bonds. The third-order valence-corrected chi connectivity index (χ3v) is 6.44. The molecule has 1 unspecified atom stereocenters. The molecule has 1 aliphatic carbocycles. The molecule has 0 fully saturated rings. The SMILES string of the molecule is Cc1ccc(C2CC(=O)N(c3ccc(C)c(Cl)c3)C3=C2C(=O)CC(C)(C)C3)cc1. The van der Waals surface area contributed by atoms with Gasteiger partial charge in [0.05, 0.1) is 5.69 Å². The van der Waals surface area contributed by atoms with Crippen LogP contribution in [0, 0.1) is 19.3 Å². The Hall–Kier alpha value is -2.39. The summed E-state index contributed by atoms with van der Waals surface area (Å²) in [4.78, 5) is 28.4. The molecule has 0 radical (unpaired) electrons. The Morgan fingerprint density at radius 3 is 2.34 bits per heavy atom. The minimum Gasteiger partial charge on any atom is -0.294 e. The molecule has 0 aromatic heterocycles. The van der Waals surface area contributed by atoms with Gasteiger partial charge >= 0.3 is 0 Å². The van der Waals surface area contributed by atoms with E-state index in [2.05, 4.69) is 13.8 Å². The summed E-state index contributed by atoms with van der Waals surface area (Å²) in [5.41, 5.74) is 5.36. The van der Waals surface area contributed by atoms with E-state index in [1.807, 2.05) is 56.3 Å². The molecular weight excluding hydrogens is 382 g/mol. The number of Topliss-reactive ketones (excluding diaryl/α,β-unsaturated/α-hetero) is 1. The van der Waals surface area contributed by atoms with E-state index in [0.29, 0.717) is 24.3 Å². The van der Waals surface area contributed by atoms with Crippen molar-refractivity contribution >= 4 is 29.0 Å². The molecule has 1 aliphatic heterocycles. The first-order valence-electron chi connectivity index (χ1n) is 10.1. The van der Waals surface area contributed by atoms with Gasteiger partial charge in [0, 0.05) is 35.1 Å². The molecule has 4 rings (SSSR count). The Morgan fingerprint density at radius 2 is 1.69 bits per heavy atom. The van der Waals surface area contributed by atoms with Crippen molar-refractivity contribution in [3.8, 4) is 0 Å². The van der Waals surface area contributed by atoms with E-state index in [-0.39, 0.29) is 23.0 Å². The topological polar surface area (TPSA) is 37.4 Å². The molecule has 1 heterocycles. The lowest BCUT2D eigenvalue weighted by Crippen LogP contribution is -2.43. The number of benzene rings is 2. The van der Waals surface area contributed by atoms with Gasteiger partial charge in [0.1, 0.15) is 0 Å². The molecule has 4 heteroatoms. The lowest BCUT2D eigenvalue weighted by molar-refractivity contribution is -0.121. The molecule has 0 N–H and O–H groups in total. The highest BCUT2D eigenvalue weighted by Gasteiger charge is 2.44. The van der Waals surface area contributed by atoms with E-state index >= 15 is 0 Å². The molecule has 2 aliphatic rings. The quantitative estimate of drug-likeness (QED) is 0.601. The molecule has 0 bridgehead atoms. The van der Waals surface area contributed by atoms with Crippen molar-refractivity contribution in [3.63, 3.8) is 0 Å². The van der Waals surface area contributed by atoms with Gasteiger partial charge in [-0.15, -0.1) is 0 Å². The summed E-state index contributed by atoms with van der Waals surface area (Å²) in [5.74, 6) is -0.0175. The lowest BCUT2D eigenvalue weighted by atomic mass is 9.69. The lowest BCUT2D eigenvalue weighted by Gasteiger charge is -2.43. The molecule has 0 saturated carbocycles. The fourth-order valence-electron chi connectivity index (χ4n) is 4.52. The third kappa shape index (κ3) is 3.64. The average molecular weight is 408 g/mol. The van der Waals surface area contributed by atoms with E-state index in [9.17, 15) is 9.59 Å². The number of halogens is 1. The average Bonchev–Trinajstić information content (AvgIpc) is 2.63. The van der Waals surface area contributed by atoms with Crippen LogP contribution in [0.15, 0.2) is 53.7 Å². The molecule has 29 heavy (non-hydrogen) atoms. The standard InChI is InChI=1S/C25H26ClNO2/c1-15-5-8-17(9-6-15)19-12-23(29)27(18-10-7-16(2)20(26)11-18)21-13-25(3,4)14-22(28)24(19)21/h5-11,19H,12-14H2,1-4H3. The number of hydrogen-bond donors (Lipinski definition) is 0. The number of carbonyl (C=O) groups is 2. The van der Waals surface area contributed by atoms with E-state index in [1.165, 1.54) is 0 Å².